The molecule has 1 unspecified atom stereocenters. The highest BCUT2D eigenvalue weighted by atomic mass is 16.5. The van der Waals surface area contributed by atoms with Gasteiger partial charge in [0.15, 0.2) is 5.82 Å². The molecule has 0 N–H and O–H groups in total. The molecule has 0 radical (unpaired) electrons. The van der Waals surface area contributed by atoms with Gasteiger partial charge in [0.25, 0.3) is 0 Å². The second kappa shape index (κ2) is 4.17. The summed E-state index contributed by atoms with van der Waals surface area (Å²) in [5.74, 6) is 2.21. The fourth-order valence-electron chi connectivity index (χ4n) is 2.00. The van der Waals surface area contributed by atoms with Crippen LogP contribution in [0.4, 0.5) is 0 Å². The first-order valence-electron chi connectivity index (χ1n) is 5.69. The SMILES string of the molecule is C=C1CCCCC1c1nc(C(C)C)no1. The summed E-state index contributed by atoms with van der Waals surface area (Å²) in [5.41, 5.74) is 1.25. The van der Waals surface area contributed by atoms with Crippen molar-refractivity contribution < 1.29 is 4.52 Å². The molecule has 0 saturated heterocycles. The summed E-state index contributed by atoms with van der Waals surface area (Å²) in [6, 6.07) is 0. The monoisotopic (exact) mass is 206 g/mol. The molecule has 82 valence electrons. The molecule has 1 aliphatic rings. The van der Waals surface area contributed by atoms with E-state index >= 15 is 0 Å². The van der Waals surface area contributed by atoms with Crippen LogP contribution in [0.5, 0.6) is 0 Å². The van der Waals surface area contributed by atoms with E-state index in [1.165, 1.54) is 18.4 Å². The van der Waals surface area contributed by atoms with Gasteiger partial charge in [0.1, 0.15) is 0 Å². The maximum absolute atomic E-state index is 5.31. The second-order valence-electron chi connectivity index (χ2n) is 4.60. The molecule has 0 aromatic carbocycles. The molecule has 1 fully saturated rings. The molecule has 0 spiro atoms. The minimum atomic E-state index is 0.304. The van der Waals surface area contributed by atoms with Gasteiger partial charge >= 0.3 is 0 Å². The third kappa shape index (κ3) is 2.11. The van der Waals surface area contributed by atoms with E-state index in [9.17, 15) is 0 Å². The van der Waals surface area contributed by atoms with Crippen LogP contribution in [0, 0.1) is 0 Å². The number of rotatable bonds is 2. The zero-order valence-electron chi connectivity index (χ0n) is 9.49. The number of nitrogens with zero attached hydrogens (tertiary/aromatic N) is 2. The molecule has 15 heavy (non-hydrogen) atoms. The normalized spacial score (nSPS) is 22.3. The highest BCUT2D eigenvalue weighted by Gasteiger charge is 2.24. The van der Waals surface area contributed by atoms with Crippen LogP contribution in [0.1, 0.15) is 63.1 Å². The van der Waals surface area contributed by atoms with Crippen LogP contribution in [0.2, 0.25) is 0 Å². The Balaban J connectivity index is 2.17. The Labute approximate surface area is 90.6 Å². The van der Waals surface area contributed by atoms with E-state index in [0.717, 1.165) is 24.6 Å². The molecule has 0 aliphatic heterocycles. The number of hydrogen-bond acceptors (Lipinski definition) is 3. The summed E-state index contributed by atoms with van der Waals surface area (Å²) < 4.78 is 5.31. The van der Waals surface area contributed by atoms with Crippen LogP contribution in [-0.2, 0) is 0 Å². The Hall–Kier alpha value is -1.12. The average Bonchev–Trinajstić information content (AvgIpc) is 2.67. The molecular formula is C12H18N2O. The molecule has 1 aliphatic carbocycles. The first kappa shape index (κ1) is 10.4. The zero-order valence-corrected chi connectivity index (χ0v) is 9.49. The number of aromatic nitrogens is 2. The van der Waals surface area contributed by atoms with Gasteiger partial charge < -0.3 is 4.52 Å². The first-order chi connectivity index (χ1) is 7.18. The van der Waals surface area contributed by atoms with Crippen LogP contribution in [0.15, 0.2) is 16.7 Å². The summed E-state index contributed by atoms with van der Waals surface area (Å²) in [6.45, 7) is 8.25. The third-order valence-electron chi connectivity index (χ3n) is 3.01. The van der Waals surface area contributed by atoms with Crippen molar-refractivity contribution in [2.45, 2.75) is 51.4 Å². The predicted octanol–water partition coefficient (Wildman–Crippen LogP) is 3.41. The molecule has 2 rings (SSSR count). The number of hydrogen-bond donors (Lipinski definition) is 0. The molecule has 3 heteroatoms. The van der Waals surface area contributed by atoms with Crippen LogP contribution in [0.25, 0.3) is 0 Å². The minimum Gasteiger partial charge on any atom is -0.339 e. The van der Waals surface area contributed by atoms with Crippen molar-refractivity contribution in [2.75, 3.05) is 0 Å². The fraction of sp³-hybridized carbons (Fsp3) is 0.667. The highest BCUT2D eigenvalue weighted by Crippen LogP contribution is 2.35. The Morgan fingerprint density at radius 1 is 1.40 bits per heavy atom. The summed E-state index contributed by atoms with van der Waals surface area (Å²) >= 11 is 0. The van der Waals surface area contributed by atoms with Gasteiger partial charge in [0.05, 0.1) is 5.92 Å². The van der Waals surface area contributed by atoms with Gasteiger partial charge in [-0.15, -0.1) is 0 Å². The Morgan fingerprint density at radius 2 is 2.20 bits per heavy atom. The average molecular weight is 206 g/mol. The molecule has 1 saturated carbocycles. The van der Waals surface area contributed by atoms with E-state index in [-0.39, 0.29) is 0 Å². The standard InChI is InChI=1S/C12H18N2O/c1-8(2)11-13-12(15-14-11)10-7-5-4-6-9(10)3/h8,10H,3-7H2,1-2H3. The maximum atomic E-state index is 5.31. The van der Waals surface area contributed by atoms with Crippen LogP contribution in [0.3, 0.4) is 0 Å². The molecule has 1 atom stereocenters. The van der Waals surface area contributed by atoms with Crippen LogP contribution >= 0.6 is 0 Å². The van der Waals surface area contributed by atoms with E-state index < -0.39 is 0 Å². The molecule has 0 bridgehead atoms. The summed E-state index contributed by atoms with van der Waals surface area (Å²) in [7, 11) is 0. The predicted molar refractivity (Wildman–Crippen MR) is 58.7 cm³/mol. The lowest BCUT2D eigenvalue weighted by Gasteiger charge is -2.20. The van der Waals surface area contributed by atoms with Gasteiger partial charge in [-0.3, -0.25) is 0 Å². The third-order valence-corrected chi connectivity index (χ3v) is 3.01. The summed E-state index contributed by atoms with van der Waals surface area (Å²) in [5, 5.41) is 4.00. The molecule has 0 amide bonds. The number of allylic oxidation sites excluding steroid dienone is 1. The molecule has 1 aromatic heterocycles. The lowest BCUT2D eigenvalue weighted by molar-refractivity contribution is 0.341. The van der Waals surface area contributed by atoms with Crippen molar-refractivity contribution in [3.63, 3.8) is 0 Å². The van der Waals surface area contributed by atoms with E-state index in [0.29, 0.717) is 11.8 Å². The van der Waals surface area contributed by atoms with Crippen molar-refractivity contribution in [3.05, 3.63) is 23.9 Å². The van der Waals surface area contributed by atoms with E-state index in [2.05, 4.69) is 30.6 Å². The lowest BCUT2D eigenvalue weighted by Crippen LogP contribution is -2.08. The Morgan fingerprint density at radius 3 is 2.80 bits per heavy atom. The zero-order chi connectivity index (χ0) is 10.8. The van der Waals surface area contributed by atoms with Crippen molar-refractivity contribution in [2.24, 2.45) is 0 Å². The molecule has 3 nitrogen and oxygen atoms in total. The van der Waals surface area contributed by atoms with Crippen LogP contribution in [-0.4, -0.2) is 10.1 Å². The van der Waals surface area contributed by atoms with Crippen molar-refractivity contribution in [1.29, 1.82) is 0 Å². The van der Waals surface area contributed by atoms with Gasteiger partial charge in [0, 0.05) is 5.92 Å². The molecule has 1 aromatic rings. The minimum absolute atomic E-state index is 0.304. The van der Waals surface area contributed by atoms with Crippen molar-refractivity contribution >= 4 is 0 Å². The summed E-state index contributed by atoms with van der Waals surface area (Å²) in [6.07, 6.45) is 4.70. The van der Waals surface area contributed by atoms with Gasteiger partial charge in [-0.1, -0.05) is 37.6 Å². The maximum Gasteiger partial charge on any atom is 0.233 e. The van der Waals surface area contributed by atoms with E-state index in [1.54, 1.807) is 0 Å². The summed E-state index contributed by atoms with van der Waals surface area (Å²) in [4.78, 5) is 4.45. The topological polar surface area (TPSA) is 38.9 Å². The quantitative estimate of drug-likeness (QED) is 0.696. The lowest BCUT2D eigenvalue weighted by atomic mass is 9.85. The largest absolute Gasteiger partial charge is 0.339 e. The van der Waals surface area contributed by atoms with Gasteiger partial charge in [-0.25, -0.2) is 0 Å². The Bertz CT molecular complexity index is 354. The van der Waals surface area contributed by atoms with Crippen molar-refractivity contribution in [3.8, 4) is 0 Å². The van der Waals surface area contributed by atoms with Crippen LogP contribution < -0.4 is 0 Å². The van der Waals surface area contributed by atoms with Crippen molar-refractivity contribution in [1.82, 2.24) is 10.1 Å². The molecule has 1 heterocycles. The van der Waals surface area contributed by atoms with E-state index in [1.807, 2.05) is 0 Å². The first-order valence-corrected chi connectivity index (χ1v) is 5.69. The van der Waals surface area contributed by atoms with Gasteiger partial charge in [-0.2, -0.15) is 4.98 Å². The highest BCUT2D eigenvalue weighted by molar-refractivity contribution is 5.16. The molecular weight excluding hydrogens is 188 g/mol. The van der Waals surface area contributed by atoms with E-state index in [4.69, 9.17) is 4.52 Å². The smallest absolute Gasteiger partial charge is 0.233 e. The fourth-order valence-corrected chi connectivity index (χ4v) is 2.00. The van der Waals surface area contributed by atoms with Gasteiger partial charge in [0.2, 0.25) is 5.89 Å². The Kier molecular flexibility index (Phi) is 2.89. The van der Waals surface area contributed by atoms with Gasteiger partial charge in [-0.05, 0) is 19.3 Å². The second-order valence-corrected chi connectivity index (χ2v) is 4.60.